The van der Waals surface area contributed by atoms with Gasteiger partial charge in [-0.25, -0.2) is 0 Å². The molecule has 72 valence electrons. The van der Waals surface area contributed by atoms with E-state index in [9.17, 15) is 0 Å². The number of hydrogen-bond donors (Lipinski definition) is 1. The molecule has 0 saturated heterocycles. The number of rotatable bonds is 1. The van der Waals surface area contributed by atoms with Crippen molar-refractivity contribution >= 4 is 39.9 Å². The summed E-state index contributed by atoms with van der Waals surface area (Å²) < 4.78 is 4.05. The van der Waals surface area contributed by atoms with Crippen LogP contribution in [0.5, 0.6) is 0 Å². The zero-order valence-corrected chi connectivity index (χ0v) is 9.20. The van der Waals surface area contributed by atoms with Crippen LogP contribution in [0.15, 0.2) is 18.2 Å². The van der Waals surface area contributed by atoms with Gasteiger partial charge in [-0.3, -0.25) is 0 Å². The third-order valence-electron chi connectivity index (χ3n) is 1.61. The van der Waals surface area contributed by atoms with Crippen molar-refractivity contribution in [2.75, 3.05) is 5.73 Å². The fourth-order valence-corrected chi connectivity index (χ4v) is 1.95. The molecule has 1 aromatic heterocycles. The normalized spacial score (nSPS) is 10.4. The van der Waals surface area contributed by atoms with Crippen molar-refractivity contribution in [2.24, 2.45) is 0 Å². The molecule has 0 saturated carbocycles. The lowest BCUT2D eigenvalue weighted by atomic mass is 10.2. The Hall–Kier alpha value is -0.840. The molecule has 0 spiro atoms. The Labute approximate surface area is 94.7 Å². The summed E-state index contributed by atoms with van der Waals surface area (Å²) in [6, 6.07) is 5.15. The predicted octanol–water partition coefficient (Wildman–Crippen LogP) is 3.09. The van der Waals surface area contributed by atoms with Gasteiger partial charge in [-0.2, -0.15) is 9.36 Å². The highest BCUT2D eigenvalue weighted by Gasteiger charge is 2.08. The molecule has 0 bridgehead atoms. The van der Waals surface area contributed by atoms with E-state index in [0.717, 1.165) is 17.1 Å². The van der Waals surface area contributed by atoms with Crippen molar-refractivity contribution in [3.8, 4) is 11.4 Å². The Morgan fingerprint density at radius 3 is 2.64 bits per heavy atom. The Bertz CT molecular complexity index is 469. The van der Waals surface area contributed by atoms with E-state index in [0.29, 0.717) is 21.0 Å². The lowest BCUT2D eigenvalue weighted by Gasteiger charge is -1.98. The van der Waals surface area contributed by atoms with Crippen LogP contribution in [0.25, 0.3) is 11.4 Å². The standard InChI is InChI=1S/C8H5Cl2N3S/c9-4-1-2-5(6(10)3-4)7-12-8(11)14-13-7/h1-3H,(H2,11,12,13). The van der Waals surface area contributed by atoms with E-state index in [2.05, 4.69) is 9.36 Å². The number of nitrogens with zero attached hydrogens (tertiary/aromatic N) is 2. The molecule has 2 N–H and O–H groups in total. The van der Waals surface area contributed by atoms with E-state index in [1.54, 1.807) is 18.2 Å². The third kappa shape index (κ3) is 1.82. The summed E-state index contributed by atoms with van der Waals surface area (Å²) in [4.78, 5) is 4.03. The zero-order valence-electron chi connectivity index (χ0n) is 6.87. The molecule has 2 rings (SSSR count). The smallest absolute Gasteiger partial charge is 0.200 e. The SMILES string of the molecule is Nc1nc(-c2ccc(Cl)cc2Cl)ns1. The van der Waals surface area contributed by atoms with Crippen LogP contribution in [0.3, 0.4) is 0 Å². The highest BCUT2D eigenvalue weighted by atomic mass is 35.5. The molecule has 0 radical (unpaired) electrons. The van der Waals surface area contributed by atoms with Gasteiger partial charge in [-0.05, 0) is 18.2 Å². The Balaban J connectivity index is 2.52. The molecule has 0 aliphatic heterocycles. The van der Waals surface area contributed by atoms with Gasteiger partial charge in [0.15, 0.2) is 11.0 Å². The second kappa shape index (κ2) is 3.73. The van der Waals surface area contributed by atoms with Crippen LogP contribution in [-0.2, 0) is 0 Å². The fourth-order valence-electron chi connectivity index (χ4n) is 1.02. The molecule has 0 aliphatic rings. The van der Waals surface area contributed by atoms with Gasteiger partial charge in [0.05, 0.1) is 5.02 Å². The van der Waals surface area contributed by atoms with E-state index in [-0.39, 0.29) is 0 Å². The fraction of sp³-hybridized carbons (Fsp3) is 0. The first-order chi connectivity index (χ1) is 6.66. The molecule has 1 heterocycles. The van der Waals surface area contributed by atoms with Crippen LogP contribution >= 0.6 is 34.7 Å². The van der Waals surface area contributed by atoms with E-state index in [1.165, 1.54) is 0 Å². The van der Waals surface area contributed by atoms with Crippen molar-refractivity contribution in [1.82, 2.24) is 9.36 Å². The molecule has 1 aromatic carbocycles. The second-order valence-corrected chi connectivity index (χ2v) is 4.21. The van der Waals surface area contributed by atoms with Crippen molar-refractivity contribution < 1.29 is 0 Å². The van der Waals surface area contributed by atoms with Crippen LogP contribution < -0.4 is 5.73 Å². The first-order valence-corrected chi connectivity index (χ1v) is 5.24. The van der Waals surface area contributed by atoms with Crippen molar-refractivity contribution in [1.29, 1.82) is 0 Å². The van der Waals surface area contributed by atoms with E-state index in [1.807, 2.05) is 0 Å². The summed E-state index contributed by atoms with van der Waals surface area (Å²) in [5, 5.41) is 1.53. The number of hydrogen-bond acceptors (Lipinski definition) is 4. The monoisotopic (exact) mass is 245 g/mol. The topological polar surface area (TPSA) is 51.8 Å². The predicted molar refractivity (Wildman–Crippen MR) is 59.8 cm³/mol. The van der Waals surface area contributed by atoms with Crippen LogP contribution in [-0.4, -0.2) is 9.36 Å². The van der Waals surface area contributed by atoms with Crippen LogP contribution in [0, 0.1) is 0 Å². The van der Waals surface area contributed by atoms with E-state index >= 15 is 0 Å². The largest absolute Gasteiger partial charge is 0.374 e. The van der Waals surface area contributed by atoms with E-state index < -0.39 is 0 Å². The van der Waals surface area contributed by atoms with Gasteiger partial charge in [-0.1, -0.05) is 23.2 Å². The van der Waals surface area contributed by atoms with Gasteiger partial charge in [-0.15, -0.1) is 0 Å². The molecule has 0 atom stereocenters. The van der Waals surface area contributed by atoms with Crippen LogP contribution in [0.4, 0.5) is 5.13 Å². The van der Waals surface area contributed by atoms with Crippen molar-refractivity contribution in [3.63, 3.8) is 0 Å². The molecular formula is C8H5Cl2N3S. The summed E-state index contributed by atoms with van der Waals surface area (Å²) in [5.74, 6) is 0.536. The first-order valence-electron chi connectivity index (χ1n) is 3.71. The van der Waals surface area contributed by atoms with Gasteiger partial charge in [0.1, 0.15) is 0 Å². The van der Waals surface area contributed by atoms with Gasteiger partial charge < -0.3 is 5.73 Å². The van der Waals surface area contributed by atoms with Crippen LogP contribution in [0.1, 0.15) is 0 Å². The number of aromatic nitrogens is 2. The maximum atomic E-state index is 5.97. The minimum Gasteiger partial charge on any atom is -0.374 e. The number of nitrogens with two attached hydrogens (primary N) is 1. The minimum atomic E-state index is 0.422. The number of benzene rings is 1. The van der Waals surface area contributed by atoms with Gasteiger partial charge in [0.25, 0.3) is 0 Å². The summed E-state index contributed by atoms with van der Waals surface area (Å²) in [6.07, 6.45) is 0. The molecular weight excluding hydrogens is 241 g/mol. The zero-order chi connectivity index (χ0) is 10.1. The summed E-state index contributed by atoms with van der Waals surface area (Å²) in [7, 11) is 0. The molecule has 0 aliphatic carbocycles. The van der Waals surface area contributed by atoms with Gasteiger partial charge >= 0.3 is 0 Å². The summed E-state index contributed by atoms with van der Waals surface area (Å²) >= 11 is 12.9. The minimum absolute atomic E-state index is 0.422. The molecule has 2 aromatic rings. The summed E-state index contributed by atoms with van der Waals surface area (Å²) in [5.41, 5.74) is 6.21. The quantitative estimate of drug-likeness (QED) is 0.841. The Morgan fingerprint density at radius 2 is 2.07 bits per heavy atom. The maximum Gasteiger partial charge on any atom is 0.200 e. The Morgan fingerprint density at radius 1 is 1.29 bits per heavy atom. The average molecular weight is 246 g/mol. The lowest BCUT2D eigenvalue weighted by Crippen LogP contribution is -1.84. The van der Waals surface area contributed by atoms with Gasteiger partial charge in [0.2, 0.25) is 0 Å². The third-order valence-corrected chi connectivity index (χ3v) is 2.70. The maximum absolute atomic E-state index is 5.97. The molecule has 3 nitrogen and oxygen atoms in total. The second-order valence-electron chi connectivity index (χ2n) is 2.58. The van der Waals surface area contributed by atoms with Crippen molar-refractivity contribution in [2.45, 2.75) is 0 Å². The first kappa shape index (κ1) is 9.71. The molecule has 6 heteroatoms. The highest BCUT2D eigenvalue weighted by Crippen LogP contribution is 2.29. The number of anilines is 1. The molecule has 14 heavy (non-hydrogen) atoms. The summed E-state index contributed by atoms with van der Waals surface area (Å²) in [6.45, 7) is 0. The number of halogens is 2. The van der Waals surface area contributed by atoms with Gasteiger partial charge in [0, 0.05) is 22.1 Å². The Kier molecular flexibility index (Phi) is 2.58. The highest BCUT2D eigenvalue weighted by molar-refractivity contribution is 7.09. The lowest BCUT2D eigenvalue weighted by molar-refractivity contribution is 1.33. The van der Waals surface area contributed by atoms with E-state index in [4.69, 9.17) is 28.9 Å². The number of nitrogen functional groups attached to an aromatic ring is 1. The molecule has 0 unspecified atom stereocenters. The molecule has 0 amide bonds. The molecule has 0 fully saturated rings. The van der Waals surface area contributed by atoms with Crippen molar-refractivity contribution in [3.05, 3.63) is 28.2 Å². The van der Waals surface area contributed by atoms with Crippen LogP contribution in [0.2, 0.25) is 10.0 Å². The average Bonchev–Trinajstić information content (AvgIpc) is 2.51.